The highest BCUT2D eigenvalue weighted by Gasteiger charge is 2.34. The molecule has 0 heterocycles. The van der Waals surface area contributed by atoms with E-state index in [9.17, 15) is 8.78 Å². The Hall–Kier alpha value is -0.180. The van der Waals surface area contributed by atoms with E-state index in [1.54, 1.807) is 0 Å². The van der Waals surface area contributed by atoms with Crippen LogP contribution in [-0.2, 0) is 4.74 Å². The average Bonchev–Trinajstić information content (AvgIpc) is 2.36. The third-order valence-corrected chi connectivity index (χ3v) is 2.21. The Balaban J connectivity index is 2.37. The van der Waals surface area contributed by atoms with Crippen LogP contribution in [0.4, 0.5) is 8.78 Å². The molecular weight excluding hydrogens is 150 g/mol. The highest BCUT2D eigenvalue weighted by Crippen LogP contribution is 2.32. The van der Waals surface area contributed by atoms with Crippen LogP contribution in [0.25, 0.3) is 0 Å². The molecule has 0 spiro atoms. The van der Waals surface area contributed by atoms with E-state index in [4.69, 9.17) is 4.74 Å². The number of ether oxygens (including phenoxy) is 1. The number of rotatable bonds is 3. The molecule has 3 heteroatoms. The molecule has 0 saturated heterocycles. The number of hydrogen-bond acceptors (Lipinski definition) is 1. The Labute approximate surface area is 65.7 Å². The van der Waals surface area contributed by atoms with Gasteiger partial charge in [-0.25, -0.2) is 8.78 Å². The van der Waals surface area contributed by atoms with Crippen molar-refractivity contribution in [1.29, 1.82) is 0 Å². The first kappa shape index (κ1) is 8.91. The minimum absolute atomic E-state index is 0.181. The fraction of sp³-hybridized carbons (Fsp3) is 1.00. The number of alkyl halides is 2. The Morgan fingerprint density at radius 2 is 2.18 bits per heavy atom. The zero-order chi connectivity index (χ0) is 8.27. The average molecular weight is 164 g/mol. The first-order chi connectivity index (χ1) is 5.25. The number of halogens is 2. The summed E-state index contributed by atoms with van der Waals surface area (Å²) in [6.07, 6.45) is -0.0563. The van der Waals surface area contributed by atoms with Crippen LogP contribution >= 0.6 is 0 Å². The molecule has 2 unspecified atom stereocenters. The third kappa shape index (κ3) is 2.12. The minimum Gasteiger partial charge on any atom is -0.378 e. The van der Waals surface area contributed by atoms with Crippen molar-refractivity contribution >= 4 is 0 Å². The summed E-state index contributed by atoms with van der Waals surface area (Å²) in [7, 11) is 0. The molecule has 66 valence electrons. The standard InChI is InChI=1S/C8H14F2O/c1-2-11-7-5-3-4-6(7)8(9)10/h6-8H,2-5H2,1H3. The first-order valence-electron chi connectivity index (χ1n) is 4.15. The van der Waals surface area contributed by atoms with E-state index in [1.807, 2.05) is 6.92 Å². The lowest BCUT2D eigenvalue weighted by Crippen LogP contribution is -2.24. The molecule has 1 fully saturated rings. The van der Waals surface area contributed by atoms with Gasteiger partial charge < -0.3 is 4.74 Å². The molecule has 1 aliphatic rings. The summed E-state index contributed by atoms with van der Waals surface area (Å²) in [5.74, 6) is -0.505. The van der Waals surface area contributed by atoms with E-state index in [1.165, 1.54) is 0 Å². The second-order valence-corrected chi connectivity index (χ2v) is 2.92. The van der Waals surface area contributed by atoms with Gasteiger partial charge in [-0.05, 0) is 19.8 Å². The van der Waals surface area contributed by atoms with Crippen LogP contribution in [-0.4, -0.2) is 19.1 Å². The van der Waals surface area contributed by atoms with Crippen LogP contribution in [0.5, 0.6) is 0 Å². The van der Waals surface area contributed by atoms with Crippen LogP contribution in [0, 0.1) is 5.92 Å². The van der Waals surface area contributed by atoms with Gasteiger partial charge in [0, 0.05) is 12.5 Å². The molecule has 0 aromatic heterocycles. The highest BCUT2D eigenvalue weighted by atomic mass is 19.3. The topological polar surface area (TPSA) is 9.23 Å². The summed E-state index contributed by atoms with van der Waals surface area (Å²) < 4.78 is 29.7. The van der Waals surface area contributed by atoms with E-state index in [-0.39, 0.29) is 6.10 Å². The number of hydrogen-bond donors (Lipinski definition) is 0. The third-order valence-electron chi connectivity index (χ3n) is 2.21. The predicted molar refractivity (Wildman–Crippen MR) is 38.8 cm³/mol. The fourth-order valence-corrected chi connectivity index (χ4v) is 1.66. The van der Waals surface area contributed by atoms with Gasteiger partial charge in [0.1, 0.15) is 0 Å². The van der Waals surface area contributed by atoms with Crippen molar-refractivity contribution in [1.82, 2.24) is 0 Å². The summed E-state index contributed by atoms with van der Waals surface area (Å²) >= 11 is 0. The first-order valence-corrected chi connectivity index (χ1v) is 4.15. The van der Waals surface area contributed by atoms with Gasteiger partial charge in [0.25, 0.3) is 0 Å². The van der Waals surface area contributed by atoms with Crippen LogP contribution in [0.1, 0.15) is 26.2 Å². The molecule has 11 heavy (non-hydrogen) atoms. The largest absolute Gasteiger partial charge is 0.378 e. The van der Waals surface area contributed by atoms with Gasteiger partial charge in [-0.1, -0.05) is 6.42 Å². The smallest absolute Gasteiger partial charge is 0.243 e. The Kier molecular flexibility index (Phi) is 3.24. The fourth-order valence-electron chi connectivity index (χ4n) is 1.66. The SMILES string of the molecule is CCOC1CCCC1C(F)F. The molecule has 0 aliphatic heterocycles. The van der Waals surface area contributed by atoms with E-state index in [0.29, 0.717) is 13.0 Å². The van der Waals surface area contributed by atoms with Crippen LogP contribution in [0.15, 0.2) is 0 Å². The van der Waals surface area contributed by atoms with Crippen molar-refractivity contribution in [2.24, 2.45) is 5.92 Å². The zero-order valence-electron chi connectivity index (χ0n) is 6.72. The molecule has 0 amide bonds. The molecule has 2 atom stereocenters. The van der Waals surface area contributed by atoms with Gasteiger partial charge in [-0.2, -0.15) is 0 Å². The molecule has 1 rings (SSSR count). The van der Waals surface area contributed by atoms with Crippen LogP contribution < -0.4 is 0 Å². The van der Waals surface area contributed by atoms with Crippen molar-refractivity contribution in [2.45, 2.75) is 38.7 Å². The van der Waals surface area contributed by atoms with E-state index in [2.05, 4.69) is 0 Å². The van der Waals surface area contributed by atoms with Gasteiger partial charge in [0.15, 0.2) is 0 Å². The summed E-state index contributed by atoms with van der Waals surface area (Å²) in [5, 5.41) is 0. The monoisotopic (exact) mass is 164 g/mol. The summed E-state index contributed by atoms with van der Waals surface area (Å²) in [6.45, 7) is 2.40. The summed E-state index contributed by atoms with van der Waals surface area (Å²) in [6, 6.07) is 0. The predicted octanol–water partition coefficient (Wildman–Crippen LogP) is 2.46. The van der Waals surface area contributed by atoms with Gasteiger partial charge in [-0.15, -0.1) is 0 Å². The second kappa shape index (κ2) is 4.00. The van der Waals surface area contributed by atoms with Crippen LogP contribution in [0.2, 0.25) is 0 Å². The zero-order valence-corrected chi connectivity index (χ0v) is 6.72. The maximum atomic E-state index is 12.2. The molecular formula is C8H14F2O. The Morgan fingerprint density at radius 1 is 1.45 bits per heavy atom. The highest BCUT2D eigenvalue weighted by molar-refractivity contribution is 4.79. The van der Waals surface area contributed by atoms with E-state index in [0.717, 1.165) is 12.8 Å². The lowest BCUT2D eigenvalue weighted by molar-refractivity contribution is -0.0292. The normalized spacial score (nSPS) is 31.6. The van der Waals surface area contributed by atoms with Crippen molar-refractivity contribution in [2.75, 3.05) is 6.61 Å². The molecule has 1 saturated carbocycles. The lowest BCUT2D eigenvalue weighted by Gasteiger charge is -2.17. The molecule has 0 aromatic rings. The lowest BCUT2D eigenvalue weighted by atomic mass is 10.1. The molecule has 0 aromatic carbocycles. The minimum atomic E-state index is -2.20. The van der Waals surface area contributed by atoms with Crippen molar-refractivity contribution in [3.8, 4) is 0 Å². The Bertz CT molecular complexity index is 117. The van der Waals surface area contributed by atoms with E-state index < -0.39 is 12.3 Å². The van der Waals surface area contributed by atoms with Crippen molar-refractivity contribution in [3.63, 3.8) is 0 Å². The summed E-state index contributed by atoms with van der Waals surface area (Å²) in [4.78, 5) is 0. The van der Waals surface area contributed by atoms with Gasteiger partial charge in [0.2, 0.25) is 6.43 Å². The molecule has 1 aliphatic carbocycles. The van der Waals surface area contributed by atoms with Crippen molar-refractivity contribution in [3.05, 3.63) is 0 Å². The van der Waals surface area contributed by atoms with Gasteiger partial charge in [0.05, 0.1) is 6.10 Å². The van der Waals surface area contributed by atoms with Crippen LogP contribution in [0.3, 0.4) is 0 Å². The Morgan fingerprint density at radius 3 is 2.73 bits per heavy atom. The quantitative estimate of drug-likeness (QED) is 0.622. The maximum absolute atomic E-state index is 12.2. The van der Waals surface area contributed by atoms with Gasteiger partial charge in [-0.3, -0.25) is 0 Å². The molecule has 0 radical (unpaired) electrons. The molecule has 0 N–H and O–H groups in total. The van der Waals surface area contributed by atoms with E-state index >= 15 is 0 Å². The molecule has 1 nitrogen and oxygen atoms in total. The van der Waals surface area contributed by atoms with Gasteiger partial charge >= 0.3 is 0 Å². The second-order valence-electron chi connectivity index (χ2n) is 2.92. The summed E-state index contributed by atoms with van der Waals surface area (Å²) in [5.41, 5.74) is 0. The maximum Gasteiger partial charge on any atom is 0.243 e. The molecule has 0 bridgehead atoms. The van der Waals surface area contributed by atoms with Crippen molar-refractivity contribution < 1.29 is 13.5 Å².